The average molecular weight is 303 g/mol. The smallest absolute Gasteiger partial charge is 0.253 e. The minimum atomic E-state index is 0.0623. The number of aliphatic hydroxyl groups excluding tert-OH is 1. The van der Waals surface area contributed by atoms with Crippen LogP contribution in [0.1, 0.15) is 36.2 Å². The molecular formula is C17H21NO2S. The van der Waals surface area contributed by atoms with Crippen LogP contribution in [0.4, 0.5) is 0 Å². The van der Waals surface area contributed by atoms with Crippen LogP contribution < -0.4 is 0 Å². The lowest BCUT2D eigenvalue weighted by molar-refractivity contribution is 0.0753. The van der Waals surface area contributed by atoms with Crippen LogP contribution in [-0.4, -0.2) is 46.1 Å². The zero-order chi connectivity index (χ0) is 15.2. The van der Waals surface area contributed by atoms with Gasteiger partial charge in [-0.2, -0.15) is 11.8 Å². The molecule has 2 atom stereocenters. The third-order valence-corrected chi connectivity index (χ3v) is 4.51. The van der Waals surface area contributed by atoms with Crippen molar-refractivity contribution in [3.8, 4) is 11.8 Å². The lowest BCUT2D eigenvalue weighted by Crippen LogP contribution is -2.44. The van der Waals surface area contributed by atoms with Gasteiger partial charge in [0.05, 0.1) is 6.61 Å². The van der Waals surface area contributed by atoms with E-state index in [0.717, 1.165) is 18.7 Å². The minimum Gasteiger partial charge on any atom is -0.395 e. The molecule has 4 heteroatoms. The second kappa shape index (κ2) is 7.53. The number of aliphatic hydroxyl groups is 1. The van der Waals surface area contributed by atoms with Crippen molar-refractivity contribution >= 4 is 17.7 Å². The zero-order valence-electron chi connectivity index (χ0n) is 12.5. The van der Waals surface area contributed by atoms with Crippen LogP contribution >= 0.6 is 11.8 Å². The standard InChI is InChI=1S/C17H21NO2S/c1-13-11-18(12-14(2)21-13)17(20)16-8-5-7-15(10-16)6-3-4-9-19/h5,7-8,10,13-14,19H,4,9,11-12H2,1-2H3. The highest BCUT2D eigenvalue weighted by atomic mass is 32.2. The van der Waals surface area contributed by atoms with E-state index in [1.165, 1.54) is 0 Å². The van der Waals surface area contributed by atoms with Gasteiger partial charge in [-0.3, -0.25) is 4.79 Å². The van der Waals surface area contributed by atoms with Gasteiger partial charge in [-0.25, -0.2) is 0 Å². The third-order valence-electron chi connectivity index (χ3n) is 3.29. The second-order valence-electron chi connectivity index (χ2n) is 5.32. The molecule has 1 N–H and O–H groups in total. The first-order valence-corrected chi connectivity index (χ1v) is 8.19. The number of carbonyl (C=O) groups is 1. The molecule has 1 aliphatic heterocycles. The molecule has 1 aliphatic rings. The van der Waals surface area contributed by atoms with E-state index < -0.39 is 0 Å². The summed E-state index contributed by atoms with van der Waals surface area (Å²) >= 11 is 1.93. The fourth-order valence-corrected chi connectivity index (χ4v) is 3.80. The summed E-state index contributed by atoms with van der Waals surface area (Å²) in [5, 5.41) is 9.70. The summed E-state index contributed by atoms with van der Waals surface area (Å²) in [5.74, 6) is 5.94. The topological polar surface area (TPSA) is 40.5 Å². The number of amides is 1. The number of hydrogen-bond donors (Lipinski definition) is 1. The summed E-state index contributed by atoms with van der Waals surface area (Å²) in [6, 6.07) is 7.43. The van der Waals surface area contributed by atoms with E-state index in [-0.39, 0.29) is 12.5 Å². The summed E-state index contributed by atoms with van der Waals surface area (Å²) in [6.45, 7) is 5.99. The number of benzene rings is 1. The molecule has 0 radical (unpaired) electrons. The Balaban J connectivity index is 2.12. The van der Waals surface area contributed by atoms with E-state index in [9.17, 15) is 4.79 Å². The van der Waals surface area contributed by atoms with Crippen molar-refractivity contribution in [3.63, 3.8) is 0 Å². The van der Waals surface area contributed by atoms with Crippen LogP contribution in [-0.2, 0) is 0 Å². The number of hydrogen-bond acceptors (Lipinski definition) is 3. The molecule has 112 valence electrons. The van der Waals surface area contributed by atoms with Crippen LogP contribution in [0.5, 0.6) is 0 Å². The molecule has 1 amide bonds. The maximum atomic E-state index is 12.6. The fraction of sp³-hybridized carbons (Fsp3) is 0.471. The molecule has 0 bridgehead atoms. The Morgan fingerprint density at radius 2 is 2.10 bits per heavy atom. The highest BCUT2D eigenvalue weighted by Gasteiger charge is 2.26. The molecule has 1 heterocycles. The second-order valence-corrected chi connectivity index (χ2v) is 7.21. The van der Waals surface area contributed by atoms with Crippen molar-refractivity contribution in [2.45, 2.75) is 30.8 Å². The van der Waals surface area contributed by atoms with Crippen LogP contribution in [0.15, 0.2) is 24.3 Å². The Bertz CT molecular complexity index is 551. The monoisotopic (exact) mass is 303 g/mol. The van der Waals surface area contributed by atoms with E-state index in [1.807, 2.05) is 40.9 Å². The summed E-state index contributed by atoms with van der Waals surface area (Å²) in [4.78, 5) is 14.5. The van der Waals surface area contributed by atoms with Gasteiger partial charge in [0.15, 0.2) is 0 Å². The quantitative estimate of drug-likeness (QED) is 0.853. The van der Waals surface area contributed by atoms with Gasteiger partial charge in [0, 0.05) is 41.1 Å². The number of thioether (sulfide) groups is 1. The Morgan fingerprint density at radius 1 is 1.38 bits per heavy atom. The van der Waals surface area contributed by atoms with E-state index in [4.69, 9.17) is 5.11 Å². The predicted octanol–water partition coefficient (Wildman–Crippen LogP) is 2.39. The van der Waals surface area contributed by atoms with Gasteiger partial charge < -0.3 is 10.0 Å². The van der Waals surface area contributed by atoms with Crippen molar-refractivity contribution in [2.75, 3.05) is 19.7 Å². The van der Waals surface area contributed by atoms with Gasteiger partial charge in [-0.05, 0) is 18.2 Å². The maximum Gasteiger partial charge on any atom is 0.253 e. The summed E-state index contributed by atoms with van der Waals surface area (Å²) in [5.41, 5.74) is 1.51. The Labute approximate surface area is 130 Å². The minimum absolute atomic E-state index is 0.0623. The van der Waals surface area contributed by atoms with Gasteiger partial charge in [-0.1, -0.05) is 31.8 Å². The maximum absolute atomic E-state index is 12.6. The van der Waals surface area contributed by atoms with E-state index in [2.05, 4.69) is 25.7 Å². The molecule has 0 saturated carbocycles. The summed E-state index contributed by atoms with van der Waals surface area (Å²) < 4.78 is 0. The van der Waals surface area contributed by atoms with Crippen molar-refractivity contribution in [3.05, 3.63) is 35.4 Å². The zero-order valence-corrected chi connectivity index (χ0v) is 13.3. The van der Waals surface area contributed by atoms with Crippen molar-refractivity contribution < 1.29 is 9.90 Å². The molecule has 0 spiro atoms. The lowest BCUT2D eigenvalue weighted by atomic mass is 10.1. The molecule has 0 aliphatic carbocycles. The first kappa shape index (κ1) is 15.9. The van der Waals surface area contributed by atoms with Crippen molar-refractivity contribution in [1.82, 2.24) is 4.90 Å². The van der Waals surface area contributed by atoms with Crippen LogP contribution in [0.3, 0.4) is 0 Å². The Morgan fingerprint density at radius 3 is 2.76 bits per heavy atom. The van der Waals surface area contributed by atoms with E-state index in [0.29, 0.717) is 22.5 Å². The normalized spacial score (nSPS) is 21.6. The highest BCUT2D eigenvalue weighted by molar-refractivity contribution is 8.00. The largest absolute Gasteiger partial charge is 0.395 e. The number of carbonyl (C=O) groups excluding carboxylic acids is 1. The van der Waals surface area contributed by atoms with Crippen molar-refractivity contribution in [2.24, 2.45) is 0 Å². The Hall–Kier alpha value is -1.44. The molecule has 1 aromatic rings. The highest BCUT2D eigenvalue weighted by Crippen LogP contribution is 2.25. The molecular weight excluding hydrogens is 282 g/mol. The predicted molar refractivity (Wildman–Crippen MR) is 87.4 cm³/mol. The lowest BCUT2D eigenvalue weighted by Gasteiger charge is -2.34. The molecule has 3 nitrogen and oxygen atoms in total. The molecule has 2 rings (SSSR count). The van der Waals surface area contributed by atoms with Crippen molar-refractivity contribution in [1.29, 1.82) is 0 Å². The summed E-state index contributed by atoms with van der Waals surface area (Å²) in [6.07, 6.45) is 0.455. The number of nitrogens with zero attached hydrogens (tertiary/aromatic N) is 1. The first-order valence-electron chi connectivity index (χ1n) is 7.24. The van der Waals surface area contributed by atoms with Gasteiger partial charge in [0.2, 0.25) is 0 Å². The molecule has 1 aromatic carbocycles. The van der Waals surface area contributed by atoms with Crippen LogP contribution in [0.25, 0.3) is 0 Å². The molecule has 21 heavy (non-hydrogen) atoms. The SMILES string of the molecule is CC1CN(C(=O)c2cccc(C#CCCO)c2)CC(C)S1. The molecule has 1 fully saturated rings. The van der Waals surface area contributed by atoms with E-state index >= 15 is 0 Å². The van der Waals surface area contributed by atoms with Gasteiger partial charge in [0.1, 0.15) is 0 Å². The van der Waals surface area contributed by atoms with Gasteiger partial charge in [0.25, 0.3) is 5.91 Å². The molecule has 1 saturated heterocycles. The first-order chi connectivity index (χ1) is 10.1. The number of rotatable bonds is 2. The average Bonchev–Trinajstić information content (AvgIpc) is 2.46. The van der Waals surface area contributed by atoms with Gasteiger partial charge >= 0.3 is 0 Å². The van der Waals surface area contributed by atoms with E-state index in [1.54, 1.807) is 0 Å². The summed E-state index contributed by atoms with van der Waals surface area (Å²) in [7, 11) is 0. The Kier molecular flexibility index (Phi) is 5.72. The fourth-order valence-electron chi connectivity index (χ4n) is 2.48. The molecule has 2 unspecified atom stereocenters. The van der Waals surface area contributed by atoms with Crippen LogP contribution in [0.2, 0.25) is 0 Å². The third kappa shape index (κ3) is 4.52. The van der Waals surface area contributed by atoms with Crippen LogP contribution in [0, 0.1) is 11.8 Å². The molecule has 0 aromatic heterocycles. The van der Waals surface area contributed by atoms with Gasteiger partial charge in [-0.15, -0.1) is 0 Å².